The Hall–Kier alpha value is -0.670. The topological polar surface area (TPSA) is 34.1 Å². The lowest BCUT2D eigenvalue weighted by atomic mass is 9.80. The number of hydrogen-bond acceptors (Lipinski definition) is 2. The zero-order valence-corrected chi connectivity index (χ0v) is 16.5. The number of hydrogen-bond donors (Lipinski definition) is 0. The van der Waals surface area contributed by atoms with Crippen molar-refractivity contribution in [3.05, 3.63) is 29.3 Å². The maximum atomic E-state index is 12.5. The first-order valence-corrected chi connectivity index (χ1v) is 11.4. The van der Waals surface area contributed by atoms with E-state index in [1.54, 1.807) is 0 Å². The van der Waals surface area contributed by atoms with Crippen molar-refractivity contribution in [1.82, 2.24) is 0 Å². The Morgan fingerprint density at radius 3 is 2.54 bits per heavy atom. The first-order valence-electron chi connectivity index (χ1n) is 9.82. The lowest BCUT2D eigenvalue weighted by Gasteiger charge is -2.34. The minimum atomic E-state index is -0.929. The van der Waals surface area contributed by atoms with Gasteiger partial charge >= 0.3 is 0 Å². The average Bonchev–Trinajstić information content (AvgIpc) is 2.60. The van der Waals surface area contributed by atoms with Crippen LogP contribution in [0.25, 0.3) is 0 Å². The molecule has 2 aliphatic carbocycles. The molecule has 146 valence electrons. The summed E-state index contributed by atoms with van der Waals surface area (Å²) in [4.78, 5) is 13.1. The molecule has 0 bridgehead atoms. The highest BCUT2D eigenvalue weighted by Gasteiger charge is 2.33. The summed E-state index contributed by atoms with van der Waals surface area (Å²) < 4.78 is 12.5. The summed E-state index contributed by atoms with van der Waals surface area (Å²) >= 11 is 5.99. The van der Waals surface area contributed by atoms with E-state index in [4.69, 9.17) is 11.6 Å². The van der Waals surface area contributed by atoms with Crippen molar-refractivity contribution in [1.29, 1.82) is 0 Å². The second-order valence-corrected chi connectivity index (χ2v) is 9.93. The molecule has 0 saturated heterocycles. The van der Waals surface area contributed by atoms with E-state index in [0.29, 0.717) is 22.6 Å². The van der Waals surface area contributed by atoms with Crippen LogP contribution in [0.2, 0.25) is 5.02 Å². The van der Waals surface area contributed by atoms with E-state index < -0.39 is 10.8 Å². The number of Topliss-reactive ketones (excluding diaryl/α,β-unsaturated/α-hetero) is 1. The first kappa shape index (κ1) is 21.6. The van der Waals surface area contributed by atoms with Gasteiger partial charge in [0, 0.05) is 27.5 Å². The second-order valence-electron chi connectivity index (χ2n) is 7.76. The van der Waals surface area contributed by atoms with E-state index >= 15 is 0 Å². The Labute approximate surface area is 166 Å². The number of carbonyl (C=O) groups excluding carboxylic acids is 1. The molecule has 2 saturated carbocycles. The van der Waals surface area contributed by atoms with E-state index in [2.05, 4.69) is 0 Å². The summed E-state index contributed by atoms with van der Waals surface area (Å²) in [5.41, 5.74) is 0. The Morgan fingerprint density at radius 2 is 1.85 bits per heavy atom. The van der Waals surface area contributed by atoms with Crippen molar-refractivity contribution in [2.45, 2.75) is 88.2 Å². The van der Waals surface area contributed by atoms with Crippen LogP contribution in [0.1, 0.15) is 78.1 Å². The number of halogens is 1. The minimum Gasteiger partial charge on any atom is -0.299 e. The van der Waals surface area contributed by atoms with Crippen molar-refractivity contribution < 1.29 is 9.00 Å². The number of unbranched alkanes of at least 4 members (excludes halogenated alkanes) is 1. The number of rotatable bonds is 8. The largest absolute Gasteiger partial charge is 0.299 e. The van der Waals surface area contributed by atoms with Crippen LogP contribution in [0.3, 0.4) is 0 Å². The van der Waals surface area contributed by atoms with Gasteiger partial charge in [0.05, 0.1) is 10.8 Å². The summed E-state index contributed by atoms with van der Waals surface area (Å²) in [6, 6.07) is 7.42. The molecule has 0 N–H and O–H groups in total. The highest BCUT2D eigenvalue weighted by molar-refractivity contribution is 7.85. The van der Waals surface area contributed by atoms with Gasteiger partial charge in [-0.1, -0.05) is 57.2 Å². The van der Waals surface area contributed by atoms with Gasteiger partial charge in [-0.2, -0.15) is 0 Å². The maximum Gasteiger partial charge on any atom is 0.135 e. The van der Waals surface area contributed by atoms with Crippen molar-refractivity contribution in [3.63, 3.8) is 0 Å². The number of carbonyl (C=O) groups is 1. The molecular formula is C22H33ClO2S. The molecule has 4 heteroatoms. The molecular weight excluding hydrogens is 364 g/mol. The van der Waals surface area contributed by atoms with Crippen LogP contribution in [0.15, 0.2) is 29.2 Å². The molecule has 2 aliphatic rings. The van der Waals surface area contributed by atoms with Gasteiger partial charge < -0.3 is 0 Å². The normalized spacial score (nSPS) is 24.3. The average molecular weight is 397 g/mol. The smallest absolute Gasteiger partial charge is 0.135 e. The molecule has 0 aromatic heterocycles. The van der Waals surface area contributed by atoms with E-state index in [9.17, 15) is 9.00 Å². The summed E-state index contributed by atoms with van der Waals surface area (Å²) in [6.45, 7) is 0. The van der Waals surface area contributed by atoms with E-state index in [-0.39, 0.29) is 12.7 Å². The van der Waals surface area contributed by atoms with Crippen molar-refractivity contribution >= 4 is 28.2 Å². The SMILES string of the molecule is C.O=C(CCCCC1CC(S(=O)c2cccc(Cl)c2)C1)C1CCCCC1. The van der Waals surface area contributed by atoms with E-state index in [0.717, 1.165) is 49.8 Å². The summed E-state index contributed by atoms with van der Waals surface area (Å²) in [6.07, 6.45) is 12.3. The molecule has 1 aromatic rings. The van der Waals surface area contributed by atoms with Gasteiger partial charge in [-0.3, -0.25) is 9.00 Å². The molecule has 1 unspecified atom stereocenters. The van der Waals surface area contributed by atoms with Gasteiger partial charge in [-0.05, 0) is 56.2 Å². The summed E-state index contributed by atoms with van der Waals surface area (Å²) in [7, 11) is -0.929. The molecule has 3 rings (SSSR count). The van der Waals surface area contributed by atoms with Crippen LogP contribution in [0, 0.1) is 11.8 Å². The Morgan fingerprint density at radius 1 is 1.12 bits per heavy atom. The Bertz CT molecular complexity index is 604. The fourth-order valence-corrected chi connectivity index (χ4v) is 6.22. The van der Waals surface area contributed by atoms with Crippen molar-refractivity contribution in [2.75, 3.05) is 0 Å². The van der Waals surface area contributed by atoms with Gasteiger partial charge in [0.25, 0.3) is 0 Å². The molecule has 2 fully saturated rings. The Balaban J connectivity index is 0.00000243. The minimum absolute atomic E-state index is 0. The predicted molar refractivity (Wildman–Crippen MR) is 111 cm³/mol. The third kappa shape index (κ3) is 5.92. The van der Waals surface area contributed by atoms with Crippen LogP contribution in [-0.4, -0.2) is 15.2 Å². The zero-order chi connectivity index (χ0) is 17.6. The first-order chi connectivity index (χ1) is 12.1. The second kappa shape index (κ2) is 10.6. The fraction of sp³-hybridized carbons (Fsp3) is 0.682. The van der Waals surface area contributed by atoms with Crippen LogP contribution < -0.4 is 0 Å². The lowest BCUT2D eigenvalue weighted by molar-refractivity contribution is -0.123. The van der Waals surface area contributed by atoms with Gasteiger partial charge in [0.1, 0.15) is 5.78 Å². The Kier molecular flexibility index (Phi) is 8.83. The highest BCUT2D eigenvalue weighted by atomic mass is 35.5. The fourth-order valence-electron chi connectivity index (χ4n) is 4.23. The van der Waals surface area contributed by atoms with Gasteiger partial charge in [-0.15, -0.1) is 0 Å². The van der Waals surface area contributed by atoms with E-state index in [1.165, 1.54) is 25.7 Å². The molecule has 26 heavy (non-hydrogen) atoms. The maximum absolute atomic E-state index is 12.5. The van der Waals surface area contributed by atoms with Crippen LogP contribution in [-0.2, 0) is 15.6 Å². The molecule has 0 aliphatic heterocycles. The monoisotopic (exact) mass is 396 g/mol. The van der Waals surface area contributed by atoms with Crippen LogP contribution in [0.4, 0.5) is 0 Å². The molecule has 1 atom stereocenters. The van der Waals surface area contributed by atoms with E-state index in [1.807, 2.05) is 24.3 Å². The number of ketones is 1. The molecule has 0 spiro atoms. The third-order valence-electron chi connectivity index (χ3n) is 5.87. The lowest BCUT2D eigenvalue weighted by Crippen LogP contribution is -2.32. The van der Waals surface area contributed by atoms with Gasteiger partial charge in [0.15, 0.2) is 0 Å². The predicted octanol–water partition coefficient (Wildman–Crippen LogP) is 6.57. The molecule has 0 amide bonds. The van der Waals surface area contributed by atoms with Gasteiger partial charge in [-0.25, -0.2) is 0 Å². The van der Waals surface area contributed by atoms with Crippen LogP contribution >= 0.6 is 11.6 Å². The van der Waals surface area contributed by atoms with Crippen molar-refractivity contribution in [3.8, 4) is 0 Å². The zero-order valence-electron chi connectivity index (χ0n) is 14.9. The molecule has 0 heterocycles. The van der Waals surface area contributed by atoms with Crippen LogP contribution in [0.5, 0.6) is 0 Å². The molecule has 0 radical (unpaired) electrons. The summed E-state index contributed by atoms with van der Waals surface area (Å²) in [5, 5.41) is 0.941. The number of benzene rings is 1. The third-order valence-corrected chi connectivity index (χ3v) is 7.81. The quantitative estimate of drug-likeness (QED) is 0.465. The summed E-state index contributed by atoms with van der Waals surface area (Å²) in [5.74, 6) is 1.56. The van der Waals surface area contributed by atoms with Crippen molar-refractivity contribution in [2.24, 2.45) is 11.8 Å². The molecule has 2 nitrogen and oxygen atoms in total. The highest BCUT2D eigenvalue weighted by Crippen LogP contribution is 2.37. The standard InChI is InChI=1S/C21H29ClO2S.CH4/c22-18-10-6-11-19(15-18)25(24)20-13-16(14-20)7-4-5-12-21(23)17-8-2-1-3-9-17;/h6,10-11,15-17,20H,1-5,7-9,12-14H2;1H4. The van der Waals surface area contributed by atoms with Gasteiger partial charge in [0.2, 0.25) is 0 Å². The molecule has 1 aromatic carbocycles.